The van der Waals surface area contributed by atoms with Crippen molar-refractivity contribution in [3.63, 3.8) is 0 Å². The maximum Gasteiger partial charge on any atom is 0.251 e. The van der Waals surface area contributed by atoms with Crippen molar-refractivity contribution >= 4 is 11.7 Å². The molecule has 96 valence electrons. The van der Waals surface area contributed by atoms with Crippen LogP contribution >= 0.6 is 0 Å². The molecule has 0 aromatic heterocycles. The van der Waals surface area contributed by atoms with Crippen molar-refractivity contribution in [1.82, 2.24) is 5.32 Å². The second-order valence-electron chi connectivity index (χ2n) is 4.75. The van der Waals surface area contributed by atoms with Crippen LogP contribution in [0.2, 0.25) is 0 Å². The Morgan fingerprint density at radius 2 is 2.22 bits per heavy atom. The Labute approximate surface area is 106 Å². The highest BCUT2D eigenvalue weighted by molar-refractivity contribution is 6.01. The number of carbonyl (C=O) groups is 1. The van der Waals surface area contributed by atoms with Gasteiger partial charge in [0.05, 0.1) is 0 Å². The van der Waals surface area contributed by atoms with Crippen LogP contribution in [0.5, 0.6) is 0 Å². The van der Waals surface area contributed by atoms with Gasteiger partial charge in [-0.15, -0.1) is 0 Å². The molecule has 4 N–H and O–H groups in total. The molecule has 0 radical (unpaired) electrons. The summed E-state index contributed by atoms with van der Waals surface area (Å²) in [6.45, 7) is 2.89. The third kappa shape index (κ3) is 2.80. The topological polar surface area (TPSA) is 87.7 Å². The Hall–Kier alpha value is -2.04. The van der Waals surface area contributed by atoms with Crippen molar-refractivity contribution in [2.75, 3.05) is 6.54 Å². The molecule has 18 heavy (non-hydrogen) atoms. The van der Waals surface area contributed by atoms with Crippen LogP contribution in [0.1, 0.15) is 29.3 Å². The van der Waals surface area contributed by atoms with Gasteiger partial charge in [0, 0.05) is 17.7 Å². The van der Waals surface area contributed by atoms with Crippen LogP contribution in [0.4, 0.5) is 0 Å². The van der Waals surface area contributed by atoms with E-state index < -0.39 is 0 Å². The molecule has 0 bridgehead atoms. The minimum absolute atomic E-state index is 0.000431. The van der Waals surface area contributed by atoms with Crippen molar-refractivity contribution in [2.45, 2.75) is 13.3 Å². The van der Waals surface area contributed by atoms with E-state index in [0.717, 1.165) is 0 Å². The molecule has 0 saturated heterocycles. The molecule has 1 aromatic rings. The van der Waals surface area contributed by atoms with Crippen molar-refractivity contribution in [3.8, 4) is 0 Å². The molecule has 0 heterocycles. The number of nitrogens with two attached hydrogens (primary N) is 1. The summed E-state index contributed by atoms with van der Waals surface area (Å²) < 4.78 is 0. The number of hydrogen-bond acceptors (Lipinski definition) is 3. The molecule has 0 spiro atoms. The fourth-order valence-electron chi connectivity index (χ4n) is 1.89. The minimum atomic E-state index is -0.123. The van der Waals surface area contributed by atoms with Gasteiger partial charge in [0.25, 0.3) is 5.91 Å². The smallest absolute Gasteiger partial charge is 0.251 e. The van der Waals surface area contributed by atoms with Crippen LogP contribution in [0.25, 0.3) is 0 Å². The van der Waals surface area contributed by atoms with Crippen molar-refractivity contribution < 1.29 is 10.0 Å². The molecular weight excluding hydrogens is 230 g/mol. The first kappa shape index (κ1) is 12.4. The molecule has 1 aliphatic carbocycles. The van der Waals surface area contributed by atoms with E-state index in [-0.39, 0.29) is 11.7 Å². The van der Waals surface area contributed by atoms with Crippen molar-refractivity contribution in [2.24, 2.45) is 22.7 Å². The molecule has 2 unspecified atom stereocenters. The summed E-state index contributed by atoms with van der Waals surface area (Å²) in [5.74, 6) is 1.21. The van der Waals surface area contributed by atoms with Crippen LogP contribution in [-0.4, -0.2) is 23.5 Å². The number of hydrogen-bond donors (Lipinski definition) is 3. The average molecular weight is 247 g/mol. The van der Waals surface area contributed by atoms with Gasteiger partial charge in [0.1, 0.15) is 0 Å². The lowest BCUT2D eigenvalue weighted by Gasteiger charge is -2.06. The maximum atomic E-state index is 11.9. The number of nitrogens with one attached hydrogen (secondary N) is 1. The molecule has 0 aliphatic heterocycles. The van der Waals surface area contributed by atoms with Gasteiger partial charge in [-0.2, -0.15) is 0 Å². The van der Waals surface area contributed by atoms with Crippen molar-refractivity contribution in [3.05, 3.63) is 35.4 Å². The zero-order valence-corrected chi connectivity index (χ0v) is 10.3. The Balaban J connectivity index is 2.01. The zero-order valence-electron chi connectivity index (χ0n) is 10.3. The molecule has 5 heteroatoms. The standard InChI is InChI=1S/C13H17N3O2/c1-8-5-11(8)7-15-13(17)10-4-2-3-9(6-10)12(14)16-18/h2-4,6,8,11,18H,5,7H2,1H3,(H2,14,16)(H,15,17). The Kier molecular flexibility index (Phi) is 3.50. The number of nitrogens with zero attached hydrogens (tertiary/aromatic N) is 1. The van der Waals surface area contributed by atoms with Crippen LogP contribution < -0.4 is 11.1 Å². The number of amides is 1. The van der Waals surface area contributed by atoms with E-state index in [9.17, 15) is 4.79 Å². The molecular formula is C13H17N3O2. The molecule has 2 atom stereocenters. The second-order valence-corrected chi connectivity index (χ2v) is 4.75. The van der Waals surface area contributed by atoms with Gasteiger partial charge in [-0.1, -0.05) is 24.2 Å². The number of amidine groups is 1. The summed E-state index contributed by atoms with van der Waals surface area (Å²) in [6.07, 6.45) is 1.18. The third-order valence-corrected chi connectivity index (χ3v) is 3.33. The van der Waals surface area contributed by atoms with E-state index in [1.807, 2.05) is 0 Å². The maximum absolute atomic E-state index is 11.9. The quantitative estimate of drug-likeness (QED) is 0.323. The van der Waals surface area contributed by atoms with Crippen LogP contribution in [0, 0.1) is 11.8 Å². The summed E-state index contributed by atoms with van der Waals surface area (Å²) in [5, 5.41) is 14.4. The molecule has 1 saturated carbocycles. The summed E-state index contributed by atoms with van der Waals surface area (Å²) in [5.41, 5.74) is 6.54. The zero-order chi connectivity index (χ0) is 13.1. The van der Waals surface area contributed by atoms with E-state index in [1.54, 1.807) is 24.3 Å². The first-order chi connectivity index (χ1) is 8.61. The summed E-state index contributed by atoms with van der Waals surface area (Å²) in [6, 6.07) is 6.72. The molecule has 5 nitrogen and oxygen atoms in total. The normalized spacial score (nSPS) is 22.6. The molecule has 1 aliphatic rings. The Bertz CT molecular complexity index is 485. The van der Waals surface area contributed by atoms with Gasteiger partial charge in [-0.3, -0.25) is 4.79 Å². The second kappa shape index (κ2) is 5.08. The van der Waals surface area contributed by atoms with E-state index in [0.29, 0.717) is 29.5 Å². The highest BCUT2D eigenvalue weighted by Crippen LogP contribution is 2.36. The summed E-state index contributed by atoms with van der Waals surface area (Å²) in [4.78, 5) is 11.9. The van der Waals surface area contributed by atoms with Gasteiger partial charge in [0.2, 0.25) is 0 Å². The number of benzene rings is 1. The number of oxime groups is 1. The Morgan fingerprint density at radius 1 is 1.56 bits per heavy atom. The predicted molar refractivity (Wildman–Crippen MR) is 68.6 cm³/mol. The first-order valence-corrected chi connectivity index (χ1v) is 5.98. The summed E-state index contributed by atoms with van der Waals surface area (Å²) >= 11 is 0. The van der Waals surface area contributed by atoms with Crippen molar-refractivity contribution in [1.29, 1.82) is 0 Å². The molecule has 1 fully saturated rings. The van der Waals surface area contributed by atoms with Gasteiger partial charge < -0.3 is 16.3 Å². The van der Waals surface area contributed by atoms with Gasteiger partial charge in [-0.05, 0) is 30.4 Å². The lowest BCUT2D eigenvalue weighted by molar-refractivity contribution is 0.0951. The molecule has 2 rings (SSSR count). The SMILES string of the molecule is CC1CC1CNC(=O)c1cccc(/C(N)=N/O)c1. The van der Waals surface area contributed by atoms with Gasteiger partial charge in [-0.25, -0.2) is 0 Å². The Morgan fingerprint density at radius 3 is 2.83 bits per heavy atom. The van der Waals surface area contributed by atoms with E-state index in [4.69, 9.17) is 10.9 Å². The lowest BCUT2D eigenvalue weighted by atomic mass is 10.1. The van der Waals surface area contributed by atoms with E-state index in [1.165, 1.54) is 6.42 Å². The highest BCUT2D eigenvalue weighted by Gasteiger charge is 2.32. The summed E-state index contributed by atoms with van der Waals surface area (Å²) in [7, 11) is 0. The van der Waals surface area contributed by atoms with E-state index >= 15 is 0 Å². The van der Waals surface area contributed by atoms with Crippen LogP contribution in [0.15, 0.2) is 29.4 Å². The molecule has 1 aromatic carbocycles. The molecule has 1 amide bonds. The highest BCUT2D eigenvalue weighted by atomic mass is 16.4. The largest absolute Gasteiger partial charge is 0.409 e. The van der Waals surface area contributed by atoms with Crippen LogP contribution in [-0.2, 0) is 0 Å². The fourth-order valence-corrected chi connectivity index (χ4v) is 1.89. The predicted octanol–water partition coefficient (Wildman–Crippen LogP) is 1.17. The van der Waals surface area contributed by atoms with Crippen LogP contribution in [0.3, 0.4) is 0 Å². The van der Waals surface area contributed by atoms with Gasteiger partial charge >= 0.3 is 0 Å². The minimum Gasteiger partial charge on any atom is -0.409 e. The van der Waals surface area contributed by atoms with Gasteiger partial charge in [0.15, 0.2) is 5.84 Å². The third-order valence-electron chi connectivity index (χ3n) is 3.33. The number of carbonyl (C=O) groups excluding carboxylic acids is 1. The lowest BCUT2D eigenvalue weighted by Crippen LogP contribution is -2.26. The number of rotatable bonds is 4. The fraction of sp³-hybridized carbons (Fsp3) is 0.385. The van der Waals surface area contributed by atoms with E-state index in [2.05, 4.69) is 17.4 Å². The first-order valence-electron chi connectivity index (χ1n) is 5.98. The monoisotopic (exact) mass is 247 g/mol. The average Bonchev–Trinajstić information content (AvgIpc) is 3.11.